The van der Waals surface area contributed by atoms with E-state index >= 15 is 0 Å². The summed E-state index contributed by atoms with van der Waals surface area (Å²) in [6.07, 6.45) is 45.6. The Hall–Kier alpha value is -12.9. The van der Waals surface area contributed by atoms with E-state index in [-0.39, 0.29) is 25.9 Å². The van der Waals surface area contributed by atoms with Gasteiger partial charge in [0.15, 0.2) is 0 Å². The minimum Gasteiger partial charge on any atom is -0.491 e. The molecule has 10 aromatic heterocycles. The monoisotopic (exact) mass is 1950 g/mol. The van der Waals surface area contributed by atoms with Crippen molar-refractivity contribution in [3.63, 3.8) is 0 Å². The average Bonchev–Trinajstić information content (AvgIpc) is 1.09. The van der Waals surface area contributed by atoms with Crippen LogP contribution in [0.2, 0.25) is 0 Å². The van der Waals surface area contributed by atoms with E-state index in [1.165, 1.54) is 90.2 Å². The Bertz CT molecular complexity index is 4890. The lowest BCUT2D eigenvalue weighted by Gasteiger charge is -2.44. The van der Waals surface area contributed by atoms with E-state index in [1.807, 2.05) is 44.4 Å². The number of piperidine rings is 10. The number of pyridine rings is 10. The Labute approximate surface area is 828 Å². The topological polar surface area (TPSA) is 563 Å². The second-order valence-corrected chi connectivity index (χ2v) is 35.2. The predicted octanol–water partition coefficient (Wildman–Crippen LogP) is 7.42. The fourth-order valence-electron chi connectivity index (χ4n) is 16.3. The summed E-state index contributed by atoms with van der Waals surface area (Å²) in [5.74, 6) is 9.25. The van der Waals surface area contributed by atoms with Crippen LogP contribution in [0.1, 0.15) is 64.2 Å². The summed E-state index contributed by atoms with van der Waals surface area (Å²) in [6.45, 7) is 23.4. The molecule has 4 atom stereocenters. The molecule has 768 valence electrons. The van der Waals surface area contributed by atoms with Crippen LogP contribution in [0.5, 0.6) is 57.5 Å². The number of ether oxygens (including phenoxy) is 12. The zero-order chi connectivity index (χ0) is 100. The van der Waals surface area contributed by atoms with Crippen LogP contribution in [0.3, 0.4) is 0 Å². The Kier molecular flexibility index (Phi) is 48.1. The van der Waals surface area contributed by atoms with E-state index in [1.54, 1.807) is 149 Å². The number of rotatable bonds is 29. The number of methoxy groups -OCH3 is 1. The molecule has 1 unspecified atom stereocenters. The number of nitrogen functional groups attached to an aromatic ring is 10. The maximum absolute atomic E-state index is 8.49. The highest BCUT2D eigenvalue weighted by atomic mass is 16.5. The number of aromatic nitrogens is 10. The summed E-state index contributed by atoms with van der Waals surface area (Å²) >= 11 is 0. The summed E-state index contributed by atoms with van der Waals surface area (Å²) in [5.41, 5.74) is 62.9. The van der Waals surface area contributed by atoms with Gasteiger partial charge >= 0.3 is 0 Å². The standard InChI is InChI=1S/3C12H17N3O.C11H17N3O2.C11H17N3O.C10H15N3O.C9H15N3O.2C8H12N2O2.C7H10N2O2/c3*13-10-7-14-4-1-11(10)16-12-8-15-5-2-9(12)3-6-15;12-10-9-13-2-1-11(10)16-8-5-14-3-6-15-7-4-14;1-14-6-3-9(4-7-14)15-11-2-5-13-8-10(11)12;1-13-5-3-8(7-13)14-10-2-4-12-6-9(10)11;1-12(2)5-6-13-9-3-4-11-7-8(9)10;1-11-4-5-12-8-2-3-10-6-7(8)9;9-7-6-10-3-2-8(7)12-5-1-4-11;8-6-5-9-2-1-7(6)11-4-3-10/h3*1,4,7,9,12H,2-3,5-6,8,13H2;1-2,9H,3-8,12H2;2,5,8-9H,3-4,6-7,12H2,1H3;2,4,6,8H,3,5,7,11H2,1H3;3-4,7H,5-6,10H2,1-2H3;2-3,6H,4-5,9H2,1H3;2-3,6,11H,1,4-5,9H2;1-2,5,10H,3-4,8H2/t2*12-;;;;8-;;;;/m10...1..../s1. The number of aliphatic hydroxyl groups excluding tert-OH is 2. The predicted molar refractivity (Wildman–Crippen MR) is 549 cm³/mol. The van der Waals surface area contributed by atoms with E-state index in [0.717, 1.165) is 133 Å². The molecule has 22 rings (SSSR count). The van der Waals surface area contributed by atoms with Gasteiger partial charge in [-0.15, -0.1) is 0 Å². The van der Waals surface area contributed by atoms with Gasteiger partial charge in [0.1, 0.15) is 114 Å². The highest BCUT2D eigenvalue weighted by Crippen LogP contribution is 2.37. The van der Waals surface area contributed by atoms with Crippen LogP contribution in [-0.2, 0) is 9.47 Å². The molecule has 12 saturated heterocycles. The van der Waals surface area contributed by atoms with Crippen LogP contribution in [0.15, 0.2) is 185 Å². The molecule has 22 N–H and O–H groups in total. The molecule has 22 heterocycles. The van der Waals surface area contributed by atoms with Crippen molar-refractivity contribution in [2.75, 3.05) is 270 Å². The molecule has 10 aromatic rings. The number of nitrogens with zero attached hydrogens (tertiary/aromatic N) is 17. The highest BCUT2D eigenvalue weighted by Gasteiger charge is 2.39. The van der Waals surface area contributed by atoms with Crippen LogP contribution >= 0.6 is 0 Å². The number of aliphatic hydroxyl groups is 2. The summed E-state index contributed by atoms with van der Waals surface area (Å²) in [5, 5.41) is 16.9. The molecule has 0 spiro atoms. The van der Waals surface area contributed by atoms with Crippen molar-refractivity contribution in [3.05, 3.63) is 185 Å². The van der Waals surface area contributed by atoms with E-state index in [9.17, 15) is 0 Å². The first kappa shape index (κ1) is 110. The van der Waals surface area contributed by atoms with Crippen molar-refractivity contribution >= 4 is 56.9 Å². The van der Waals surface area contributed by atoms with Crippen molar-refractivity contribution in [2.24, 2.45) is 17.8 Å². The number of likely N-dealkylation sites (N-methyl/N-ethyl adjacent to an activating group) is 2. The van der Waals surface area contributed by atoms with Crippen LogP contribution in [0, 0.1) is 17.8 Å². The fraction of sp³-hybridized carbons (Fsp3) is 0.500. The summed E-state index contributed by atoms with van der Waals surface area (Å²) < 4.78 is 66.4. The smallest absolute Gasteiger partial charge is 0.145 e. The summed E-state index contributed by atoms with van der Waals surface area (Å²) in [7, 11) is 9.86. The number of anilines is 10. The maximum Gasteiger partial charge on any atom is 0.145 e. The molecule has 41 nitrogen and oxygen atoms in total. The van der Waals surface area contributed by atoms with Crippen molar-refractivity contribution in [2.45, 2.75) is 94.7 Å². The Morgan fingerprint density at radius 2 is 0.596 bits per heavy atom. The molecule has 0 aromatic carbocycles. The molecule has 0 amide bonds. The Balaban J connectivity index is 0.000000162. The van der Waals surface area contributed by atoms with Gasteiger partial charge in [0.25, 0.3) is 0 Å². The number of fused-ring (bicyclic) bond motifs is 9. The van der Waals surface area contributed by atoms with E-state index < -0.39 is 0 Å². The first-order valence-electron chi connectivity index (χ1n) is 48.2. The lowest BCUT2D eigenvalue weighted by Crippen LogP contribution is -2.52. The zero-order valence-electron chi connectivity index (χ0n) is 82.3. The van der Waals surface area contributed by atoms with Gasteiger partial charge < -0.3 is 139 Å². The first-order chi connectivity index (χ1) is 68.6. The molecule has 141 heavy (non-hydrogen) atoms. The molecule has 12 aliphatic heterocycles. The molecule has 6 bridgehead atoms. The quantitative estimate of drug-likeness (QED) is 0.0203. The molecule has 0 aliphatic carbocycles. The first-order valence-corrected chi connectivity index (χ1v) is 48.2. The lowest BCUT2D eigenvalue weighted by atomic mass is 9.86. The minimum absolute atomic E-state index is 0.0121. The van der Waals surface area contributed by atoms with Gasteiger partial charge in [0, 0.05) is 215 Å². The number of hydrogen-bond donors (Lipinski definition) is 12. The second-order valence-electron chi connectivity index (χ2n) is 35.2. The van der Waals surface area contributed by atoms with E-state index in [0.29, 0.717) is 167 Å². The van der Waals surface area contributed by atoms with Crippen LogP contribution in [-0.4, -0.2) is 338 Å². The van der Waals surface area contributed by atoms with Gasteiger partial charge in [-0.3, -0.25) is 69.4 Å². The average molecular weight is 1950 g/mol. The molecular weight excluding hydrogens is 1800 g/mol. The zero-order valence-corrected chi connectivity index (χ0v) is 82.3. The summed E-state index contributed by atoms with van der Waals surface area (Å²) in [4.78, 5) is 55.4. The van der Waals surface area contributed by atoms with Crippen molar-refractivity contribution in [1.29, 1.82) is 0 Å². The lowest BCUT2D eigenvalue weighted by molar-refractivity contribution is -0.00746. The number of nitrogens with two attached hydrogens (primary N) is 10. The third-order valence-electron chi connectivity index (χ3n) is 24.3. The number of morpholine rings is 1. The van der Waals surface area contributed by atoms with Gasteiger partial charge in [-0.25, -0.2) is 0 Å². The van der Waals surface area contributed by atoms with Gasteiger partial charge in [0.05, 0.1) is 152 Å². The van der Waals surface area contributed by atoms with Crippen molar-refractivity contribution in [3.8, 4) is 57.5 Å². The van der Waals surface area contributed by atoms with Crippen molar-refractivity contribution in [1.82, 2.24) is 84.1 Å². The maximum atomic E-state index is 8.49. The fourth-order valence-corrected chi connectivity index (χ4v) is 16.3. The van der Waals surface area contributed by atoms with Crippen LogP contribution in [0.25, 0.3) is 0 Å². The Morgan fingerprint density at radius 1 is 0.312 bits per heavy atom. The SMILES string of the molecule is CN(C)CCOc1ccncc1N.CN1CCC(Oc2ccncc2N)CC1.CN1CC[C@@H](Oc2ccncc2N)C1.COCCOc1ccncc1N.Nc1cnccc1OC1CN2CCC1CC2.Nc1cnccc1OCCCO.Nc1cnccc1OCCN1CCOCC1.Nc1cnccc1OCCO.Nc1cnccc1O[C@@H]1CN2CCC1CC2.Nc1cnccc1O[C@H]1CN2CCC1CC2. The third-order valence-corrected chi connectivity index (χ3v) is 24.3. The van der Waals surface area contributed by atoms with Crippen molar-refractivity contribution < 1.29 is 67.1 Å². The van der Waals surface area contributed by atoms with E-state index in [4.69, 9.17) is 124 Å². The number of likely N-dealkylation sites (tertiary alicyclic amines) is 2. The summed E-state index contributed by atoms with van der Waals surface area (Å²) in [6, 6.07) is 17.8. The minimum atomic E-state index is -0.0121. The van der Waals surface area contributed by atoms with Gasteiger partial charge in [-0.1, -0.05) is 0 Å². The highest BCUT2D eigenvalue weighted by molar-refractivity contribution is 5.55. The second kappa shape index (κ2) is 61.6. The molecular formula is C100H149N27O14. The molecule has 12 fully saturated rings. The number of hydrogen-bond acceptors (Lipinski definition) is 41. The molecule has 0 saturated carbocycles. The normalized spacial score (nSPS) is 20.7. The Morgan fingerprint density at radius 3 is 0.879 bits per heavy atom. The van der Waals surface area contributed by atoms with Crippen LogP contribution < -0.4 is 105 Å². The molecule has 41 heteroatoms. The van der Waals surface area contributed by atoms with E-state index in [2.05, 4.69) is 98.2 Å². The molecule has 0 radical (unpaired) electrons. The van der Waals surface area contributed by atoms with Crippen LogP contribution in [0.4, 0.5) is 56.9 Å². The van der Waals surface area contributed by atoms with Gasteiger partial charge in [0.2, 0.25) is 0 Å². The largest absolute Gasteiger partial charge is 0.491 e. The van der Waals surface area contributed by atoms with Gasteiger partial charge in [-0.05, 0) is 143 Å². The van der Waals surface area contributed by atoms with Gasteiger partial charge in [-0.2, -0.15) is 0 Å². The third kappa shape index (κ3) is 39.6. The molecule has 12 aliphatic rings.